The standard InChI is InChI=1S/C37H45F3N8O3/c1-4-51-35(49)24-10-14-48(15-11-24)30-20-41-28(19-42-30)33-45-32-29(47(2)21-36(22-50-3)12-6-5-7-13-36)17-27(44-34(32)46-33)25-16-26(37(38,39)40)31(43-18-25)23-8-9-23/h16-20,23-24H,4-15,21-22H2,1-3H3,(H,44,45,46). The SMILES string of the molecule is CCOC(=O)C1CCN(c2cnc(-c3nc4nc(-c5cnc(C6CC6)c(C(F)(F)F)c5)cc(N(C)CC5(COC)CCCCC5)c4[nH]3)cn2)CC1. The molecule has 1 aliphatic heterocycles. The maximum atomic E-state index is 14.3. The number of alkyl halides is 3. The first-order chi connectivity index (χ1) is 24.6. The summed E-state index contributed by atoms with van der Waals surface area (Å²) >= 11 is 0. The third-order valence-corrected chi connectivity index (χ3v) is 10.6. The van der Waals surface area contributed by atoms with Gasteiger partial charge in [-0.3, -0.25) is 9.78 Å². The molecule has 11 nitrogen and oxygen atoms in total. The molecule has 5 heterocycles. The van der Waals surface area contributed by atoms with E-state index in [1.54, 1.807) is 19.5 Å². The number of hydrogen-bond donors (Lipinski definition) is 1. The Hall–Kier alpha value is -4.33. The fraction of sp³-hybridized carbons (Fsp3) is 0.568. The van der Waals surface area contributed by atoms with Crippen LogP contribution in [0.25, 0.3) is 33.9 Å². The van der Waals surface area contributed by atoms with Crippen LogP contribution in [0.2, 0.25) is 0 Å². The van der Waals surface area contributed by atoms with Crippen LogP contribution in [0.5, 0.6) is 0 Å². The number of H-pyrrole nitrogens is 1. The third-order valence-electron chi connectivity index (χ3n) is 10.6. The van der Waals surface area contributed by atoms with Crippen LogP contribution in [0.1, 0.15) is 81.9 Å². The molecular weight excluding hydrogens is 661 g/mol. The van der Waals surface area contributed by atoms with E-state index in [2.05, 4.69) is 29.7 Å². The van der Waals surface area contributed by atoms with Crippen molar-refractivity contribution in [3.8, 4) is 22.8 Å². The number of nitrogens with zero attached hydrogens (tertiary/aromatic N) is 7. The number of anilines is 2. The van der Waals surface area contributed by atoms with E-state index in [9.17, 15) is 18.0 Å². The number of fused-ring (bicyclic) bond motifs is 1. The lowest BCUT2D eigenvalue weighted by Crippen LogP contribution is -2.40. The molecule has 0 aromatic carbocycles. The first-order valence-electron chi connectivity index (χ1n) is 18.0. The third kappa shape index (κ3) is 7.51. The van der Waals surface area contributed by atoms with Crippen LogP contribution in [0, 0.1) is 11.3 Å². The molecule has 3 aliphatic rings. The smallest absolute Gasteiger partial charge is 0.418 e. The molecule has 0 spiro atoms. The maximum Gasteiger partial charge on any atom is 0.418 e. The van der Waals surface area contributed by atoms with Crippen LogP contribution in [0.4, 0.5) is 24.7 Å². The van der Waals surface area contributed by atoms with E-state index in [1.807, 2.05) is 20.0 Å². The second-order valence-electron chi connectivity index (χ2n) is 14.4. The van der Waals surface area contributed by atoms with Gasteiger partial charge in [0.2, 0.25) is 0 Å². The molecule has 7 rings (SSSR count). The second kappa shape index (κ2) is 14.4. The molecule has 0 bridgehead atoms. The van der Waals surface area contributed by atoms with Gasteiger partial charge in [-0.25, -0.2) is 19.9 Å². The van der Waals surface area contributed by atoms with Crippen LogP contribution >= 0.6 is 0 Å². The highest BCUT2D eigenvalue weighted by Crippen LogP contribution is 2.46. The first kappa shape index (κ1) is 35.1. The lowest BCUT2D eigenvalue weighted by molar-refractivity contribution is -0.148. The summed E-state index contributed by atoms with van der Waals surface area (Å²) in [5.74, 6) is 0.745. The Kier molecular flexibility index (Phi) is 9.88. The van der Waals surface area contributed by atoms with Crippen LogP contribution in [0.3, 0.4) is 0 Å². The number of halogens is 3. The summed E-state index contributed by atoms with van der Waals surface area (Å²) < 4.78 is 53.7. The molecule has 1 saturated heterocycles. The lowest BCUT2D eigenvalue weighted by Gasteiger charge is -2.40. The zero-order valence-electron chi connectivity index (χ0n) is 29.4. The van der Waals surface area contributed by atoms with E-state index in [0.717, 1.165) is 31.4 Å². The fourth-order valence-corrected chi connectivity index (χ4v) is 7.82. The van der Waals surface area contributed by atoms with Gasteiger partial charge in [0.05, 0.1) is 54.2 Å². The average Bonchev–Trinajstić information content (AvgIpc) is 3.89. The van der Waals surface area contributed by atoms with Crippen molar-refractivity contribution in [3.05, 3.63) is 42.0 Å². The average molecular weight is 707 g/mol. The molecule has 1 N–H and O–H groups in total. The van der Waals surface area contributed by atoms with Crippen molar-refractivity contribution < 1.29 is 27.4 Å². The summed E-state index contributed by atoms with van der Waals surface area (Å²) in [5, 5.41) is 0. The van der Waals surface area contributed by atoms with Gasteiger partial charge in [-0.2, -0.15) is 13.2 Å². The minimum Gasteiger partial charge on any atom is -0.466 e. The quantitative estimate of drug-likeness (QED) is 0.161. The number of piperidine rings is 1. The number of carbonyl (C=O) groups is 1. The van der Waals surface area contributed by atoms with Crippen molar-refractivity contribution in [2.24, 2.45) is 11.3 Å². The number of rotatable bonds is 11. The van der Waals surface area contributed by atoms with Gasteiger partial charge >= 0.3 is 12.1 Å². The number of aromatic nitrogens is 6. The predicted molar refractivity (Wildman–Crippen MR) is 187 cm³/mol. The number of carbonyl (C=O) groups excluding carboxylic acids is 1. The van der Waals surface area contributed by atoms with Crippen molar-refractivity contribution in [3.63, 3.8) is 0 Å². The highest BCUT2D eigenvalue weighted by atomic mass is 19.4. The zero-order valence-corrected chi connectivity index (χ0v) is 29.4. The van der Waals surface area contributed by atoms with Gasteiger partial charge in [-0.1, -0.05) is 19.3 Å². The highest BCUT2D eigenvalue weighted by Gasteiger charge is 2.40. The Morgan fingerprint density at radius 3 is 2.41 bits per heavy atom. The van der Waals surface area contributed by atoms with Gasteiger partial charge in [0.25, 0.3) is 0 Å². The highest BCUT2D eigenvalue weighted by molar-refractivity contribution is 5.91. The summed E-state index contributed by atoms with van der Waals surface area (Å²) in [7, 11) is 3.73. The summed E-state index contributed by atoms with van der Waals surface area (Å²) in [6.45, 7) is 4.84. The Labute approximate surface area is 295 Å². The van der Waals surface area contributed by atoms with Crippen LogP contribution in [-0.2, 0) is 20.4 Å². The lowest BCUT2D eigenvalue weighted by atomic mass is 9.74. The van der Waals surface area contributed by atoms with Crippen molar-refractivity contribution in [2.75, 3.05) is 56.8 Å². The molecule has 4 aromatic rings. The van der Waals surface area contributed by atoms with Gasteiger partial charge in [0, 0.05) is 56.9 Å². The molecule has 0 amide bonds. The van der Waals surface area contributed by atoms with Crippen molar-refractivity contribution >= 4 is 28.6 Å². The topological polar surface area (TPSA) is 122 Å². The van der Waals surface area contributed by atoms with Crippen LogP contribution < -0.4 is 9.80 Å². The predicted octanol–water partition coefficient (Wildman–Crippen LogP) is 7.19. The Morgan fingerprint density at radius 2 is 1.76 bits per heavy atom. The minimum atomic E-state index is -4.53. The van der Waals surface area contributed by atoms with Gasteiger partial charge in [-0.15, -0.1) is 0 Å². The van der Waals surface area contributed by atoms with Crippen LogP contribution in [-0.4, -0.2) is 82.9 Å². The minimum absolute atomic E-state index is 0.0522. The molecular formula is C37H45F3N8O3. The monoisotopic (exact) mass is 706 g/mol. The molecule has 2 aliphatic carbocycles. The van der Waals surface area contributed by atoms with E-state index in [-0.39, 0.29) is 34.5 Å². The van der Waals surface area contributed by atoms with Gasteiger partial charge in [0.15, 0.2) is 11.5 Å². The van der Waals surface area contributed by atoms with Gasteiger partial charge in [-0.05, 0) is 57.6 Å². The molecule has 51 heavy (non-hydrogen) atoms. The second-order valence-corrected chi connectivity index (χ2v) is 14.4. The molecule has 0 unspecified atom stereocenters. The largest absolute Gasteiger partial charge is 0.466 e. The van der Waals surface area contributed by atoms with E-state index in [0.29, 0.717) is 92.7 Å². The molecule has 4 aromatic heterocycles. The van der Waals surface area contributed by atoms with Crippen molar-refractivity contribution in [1.29, 1.82) is 0 Å². The molecule has 0 atom stereocenters. The fourth-order valence-electron chi connectivity index (χ4n) is 7.82. The summed E-state index contributed by atoms with van der Waals surface area (Å²) in [6, 6.07) is 3.01. The number of imidazole rings is 1. The number of esters is 1. The number of ether oxygens (including phenoxy) is 2. The number of pyridine rings is 2. The van der Waals surface area contributed by atoms with E-state index < -0.39 is 11.7 Å². The molecule has 272 valence electrons. The number of nitrogens with one attached hydrogen (secondary N) is 1. The summed E-state index contributed by atoms with van der Waals surface area (Å²) in [6.07, 6.45) is 8.63. The molecule has 0 radical (unpaired) electrons. The molecule has 2 saturated carbocycles. The number of methoxy groups -OCH3 is 1. The van der Waals surface area contributed by atoms with E-state index in [4.69, 9.17) is 19.4 Å². The van der Waals surface area contributed by atoms with Crippen molar-refractivity contribution in [1.82, 2.24) is 29.9 Å². The Balaban J connectivity index is 1.22. The normalized spacial score (nSPS) is 18.3. The summed E-state index contributed by atoms with van der Waals surface area (Å²) in [4.78, 5) is 43.1. The van der Waals surface area contributed by atoms with Crippen LogP contribution in [0.15, 0.2) is 30.7 Å². The zero-order chi connectivity index (χ0) is 35.8. The Bertz CT molecular complexity index is 1840. The maximum absolute atomic E-state index is 14.3. The number of aromatic amines is 1. The van der Waals surface area contributed by atoms with E-state index in [1.165, 1.54) is 18.7 Å². The van der Waals surface area contributed by atoms with Crippen molar-refractivity contribution in [2.45, 2.75) is 76.8 Å². The first-order valence-corrected chi connectivity index (χ1v) is 18.0. The van der Waals surface area contributed by atoms with E-state index >= 15 is 0 Å². The molecule has 14 heteroatoms. The summed E-state index contributed by atoms with van der Waals surface area (Å²) in [5.41, 5.74) is 2.29. The number of hydrogen-bond acceptors (Lipinski definition) is 10. The van der Waals surface area contributed by atoms with Gasteiger partial charge in [0.1, 0.15) is 17.0 Å². The van der Waals surface area contributed by atoms with Gasteiger partial charge < -0.3 is 24.3 Å². The Morgan fingerprint density at radius 1 is 1.00 bits per heavy atom. The molecule has 3 fully saturated rings.